The molecular formula is C45H76NO7+. The van der Waals surface area contributed by atoms with Crippen molar-refractivity contribution in [2.45, 2.75) is 154 Å². The van der Waals surface area contributed by atoms with Crippen molar-refractivity contribution in [2.24, 2.45) is 0 Å². The highest BCUT2D eigenvalue weighted by Gasteiger charge is 2.31. The van der Waals surface area contributed by atoms with Crippen molar-refractivity contribution in [1.29, 1.82) is 0 Å². The van der Waals surface area contributed by atoms with Crippen LogP contribution in [-0.4, -0.2) is 80.6 Å². The summed E-state index contributed by atoms with van der Waals surface area (Å²) in [5, 5.41) is 9.59. The Hall–Kier alpha value is -3.23. The highest BCUT2D eigenvalue weighted by Crippen LogP contribution is 2.12. The van der Waals surface area contributed by atoms with E-state index in [1.54, 1.807) is 0 Å². The lowest BCUT2D eigenvalue weighted by atomic mass is 10.1. The van der Waals surface area contributed by atoms with Crippen molar-refractivity contribution in [3.63, 3.8) is 0 Å². The molecule has 0 fully saturated rings. The maximum Gasteiger partial charge on any atom is 0.362 e. The maximum atomic E-state index is 12.7. The third-order valence-electron chi connectivity index (χ3n) is 8.59. The number of nitrogens with zero attached hydrogens (tertiary/aromatic N) is 1. The summed E-state index contributed by atoms with van der Waals surface area (Å²) in [5.41, 5.74) is 0. The minimum Gasteiger partial charge on any atom is -0.477 e. The molecule has 0 aliphatic rings. The van der Waals surface area contributed by atoms with Crippen LogP contribution in [0.2, 0.25) is 0 Å². The SMILES string of the molecule is CC/C=C/C/C=C/C/C=C/C/C=C/C/C=C/CCCCCCC(=O)OC(COCCC(C(=O)O)[N+](C)(C)C)COC(=O)CCC/C=C/CCCCCC. The van der Waals surface area contributed by atoms with Crippen LogP contribution in [0.25, 0.3) is 0 Å². The Kier molecular flexibility index (Phi) is 33.6. The van der Waals surface area contributed by atoms with E-state index in [1.807, 2.05) is 21.1 Å². The number of carboxylic acids is 1. The first-order valence-corrected chi connectivity index (χ1v) is 20.5. The number of carbonyl (C=O) groups is 3. The highest BCUT2D eigenvalue weighted by molar-refractivity contribution is 5.72. The molecule has 0 heterocycles. The molecule has 302 valence electrons. The fourth-order valence-electron chi connectivity index (χ4n) is 5.41. The zero-order valence-electron chi connectivity index (χ0n) is 34.2. The summed E-state index contributed by atoms with van der Waals surface area (Å²) in [7, 11) is 5.49. The lowest BCUT2D eigenvalue weighted by Gasteiger charge is -2.31. The van der Waals surface area contributed by atoms with Gasteiger partial charge in [-0.1, -0.05) is 119 Å². The molecule has 1 N–H and O–H groups in total. The minimum atomic E-state index is -0.887. The number of allylic oxidation sites excluding steroid dienone is 12. The lowest BCUT2D eigenvalue weighted by Crippen LogP contribution is -2.50. The fourth-order valence-corrected chi connectivity index (χ4v) is 5.41. The molecule has 0 rings (SSSR count). The third-order valence-corrected chi connectivity index (χ3v) is 8.59. The zero-order chi connectivity index (χ0) is 39.3. The molecule has 0 amide bonds. The van der Waals surface area contributed by atoms with Crippen LogP contribution in [0.4, 0.5) is 0 Å². The molecule has 2 unspecified atom stereocenters. The van der Waals surface area contributed by atoms with Crippen molar-refractivity contribution in [2.75, 3.05) is 41.0 Å². The van der Waals surface area contributed by atoms with Gasteiger partial charge in [0, 0.05) is 19.3 Å². The van der Waals surface area contributed by atoms with Crippen LogP contribution in [0, 0.1) is 0 Å². The number of esters is 2. The Morgan fingerprint density at radius 1 is 0.585 bits per heavy atom. The monoisotopic (exact) mass is 743 g/mol. The number of quaternary nitrogens is 1. The van der Waals surface area contributed by atoms with Gasteiger partial charge in [-0.25, -0.2) is 4.79 Å². The van der Waals surface area contributed by atoms with Gasteiger partial charge in [-0.05, 0) is 77.0 Å². The Labute approximate surface area is 323 Å². The molecule has 0 saturated carbocycles. The van der Waals surface area contributed by atoms with Gasteiger partial charge in [0.25, 0.3) is 0 Å². The van der Waals surface area contributed by atoms with Gasteiger partial charge in [-0.2, -0.15) is 0 Å². The van der Waals surface area contributed by atoms with Crippen molar-refractivity contribution in [3.8, 4) is 0 Å². The number of likely N-dealkylation sites (N-methyl/N-ethyl adjacent to an activating group) is 1. The Balaban J connectivity index is 4.43. The van der Waals surface area contributed by atoms with Crippen LogP contribution < -0.4 is 0 Å². The molecule has 0 aromatic heterocycles. The van der Waals surface area contributed by atoms with Gasteiger partial charge in [0.1, 0.15) is 6.61 Å². The summed E-state index contributed by atoms with van der Waals surface area (Å²) in [5.74, 6) is -1.56. The van der Waals surface area contributed by atoms with Crippen LogP contribution in [0.5, 0.6) is 0 Å². The van der Waals surface area contributed by atoms with Crippen LogP contribution in [0.15, 0.2) is 72.9 Å². The molecule has 0 saturated heterocycles. The molecule has 53 heavy (non-hydrogen) atoms. The average molecular weight is 743 g/mol. The molecule has 0 aliphatic carbocycles. The number of aliphatic carboxylic acids is 1. The molecule has 0 radical (unpaired) electrons. The van der Waals surface area contributed by atoms with Gasteiger partial charge in [-0.3, -0.25) is 9.59 Å². The number of carboxylic acid groups (broad SMARTS) is 1. The van der Waals surface area contributed by atoms with E-state index in [2.05, 4.69) is 86.8 Å². The number of ether oxygens (including phenoxy) is 3. The molecule has 0 spiro atoms. The first kappa shape index (κ1) is 49.8. The molecule has 8 heteroatoms. The second-order valence-electron chi connectivity index (χ2n) is 14.5. The Morgan fingerprint density at radius 3 is 1.62 bits per heavy atom. The molecule has 8 nitrogen and oxygen atoms in total. The lowest BCUT2D eigenvalue weighted by molar-refractivity contribution is -0.887. The largest absolute Gasteiger partial charge is 0.477 e. The average Bonchev–Trinajstić information content (AvgIpc) is 3.11. The number of unbranched alkanes of at least 4 members (excludes halogenated alkanes) is 9. The van der Waals surface area contributed by atoms with E-state index in [9.17, 15) is 19.5 Å². The molecular weight excluding hydrogens is 666 g/mol. The topological polar surface area (TPSA) is 99.1 Å². The number of hydrogen-bond acceptors (Lipinski definition) is 6. The normalized spacial score (nSPS) is 13.8. The first-order chi connectivity index (χ1) is 25.6. The third kappa shape index (κ3) is 34.3. The summed E-state index contributed by atoms with van der Waals surface area (Å²) in [4.78, 5) is 36.8. The van der Waals surface area contributed by atoms with Gasteiger partial charge in [0.15, 0.2) is 12.1 Å². The molecule has 0 aromatic rings. The fraction of sp³-hybridized carbons (Fsp3) is 0.667. The van der Waals surface area contributed by atoms with E-state index in [0.717, 1.165) is 77.0 Å². The first-order valence-electron chi connectivity index (χ1n) is 20.5. The summed E-state index contributed by atoms with van der Waals surface area (Å²) in [6, 6.07) is -0.625. The number of carbonyl (C=O) groups excluding carboxylic acids is 2. The second-order valence-corrected chi connectivity index (χ2v) is 14.5. The highest BCUT2D eigenvalue weighted by atomic mass is 16.6. The van der Waals surface area contributed by atoms with Gasteiger partial charge >= 0.3 is 17.9 Å². The van der Waals surface area contributed by atoms with Crippen LogP contribution >= 0.6 is 0 Å². The molecule has 0 aliphatic heterocycles. The van der Waals surface area contributed by atoms with E-state index in [1.165, 1.54) is 25.7 Å². The zero-order valence-corrected chi connectivity index (χ0v) is 34.2. The van der Waals surface area contributed by atoms with Gasteiger partial charge in [-0.15, -0.1) is 0 Å². The molecule has 2 atom stereocenters. The smallest absolute Gasteiger partial charge is 0.362 e. The van der Waals surface area contributed by atoms with E-state index in [-0.39, 0.29) is 36.2 Å². The summed E-state index contributed by atoms with van der Waals surface area (Å²) < 4.78 is 17.1. The van der Waals surface area contributed by atoms with Gasteiger partial charge < -0.3 is 23.8 Å². The predicted octanol–water partition coefficient (Wildman–Crippen LogP) is 10.8. The van der Waals surface area contributed by atoms with E-state index < -0.39 is 18.1 Å². The standard InChI is InChI=1S/C45H75NO7/c1-6-8-10-12-14-16-17-18-19-20-21-22-23-24-25-26-28-30-32-34-36-44(48)53-41(39-51-38-37-42(45(49)50)46(3,4)5)40-52-43(47)35-33-31-29-27-15-13-11-9-7-2/h8,10,14,16,18-19,21-22,24-25,27,29,41-42H,6-7,9,11-13,15,17,20,23,26,28,30-40H2,1-5H3/p+1/b10-8+,16-14+,19-18+,22-21+,25-24+,29-27+. The quantitative estimate of drug-likeness (QED) is 0.0299. The Morgan fingerprint density at radius 2 is 1.08 bits per heavy atom. The van der Waals surface area contributed by atoms with Crippen molar-refractivity contribution < 1.29 is 38.2 Å². The van der Waals surface area contributed by atoms with E-state index in [0.29, 0.717) is 25.7 Å². The van der Waals surface area contributed by atoms with Crippen LogP contribution in [-0.2, 0) is 28.6 Å². The number of rotatable bonds is 35. The molecule has 0 aromatic carbocycles. The van der Waals surface area contributed by atoms with E-state index >= 15 is 0 Å². The van der Waals surface area contributed by atoms with Crippen molar-refractivity contribution >= 4 is 17.9 Å². The second kappa shape index (κ2) is 35.8. The Bertz CT molecular complexity index is 1100. The van der Waals surface area contributed by atoms with Gasteiger partial charge in [0.2, 0.25) is 0 Å². The summed E-state index contributed by atoms with van der Waals surface area (Å²) >= 11 is 0. The van der Waals surface area contributed by atoms with Crippen molar-refractivity contribution in [3.05, 3.63) is 72.9 Å². The molecule has 0 bridgehead atoms. The summed E-state index contributed by atoms with van der Waals surface area (Å²) in [6.07, 6.45) is 43.9. The van der Waals surface area contributed by atoms with Gasteiger partial charge in [0.05, 0.1) is 34.4 Å². The minimum absolute atomic E-state index is 0.0382. The van der Waals surface area contributed by atoms with E-state index in [4.69, 9.17) is 14.2 Å². The maximum absolute atomic E-state index is 12.7. The number of hydrogen-bond donors (Lipinski definition) is 1. The van der Waals surface area contributed by atoms with Crippen LogP contribution in [0.1, 0.15) is 142 Å². The van der Waals surface area contributed by atoms with Crippen LogP contribution in [0.3, 0.4) is 0 Å². The predicted molar refractivity (Wildman–Crippen MR) is 220 cm³/mol. The summed E-state index contributed by atoms with van der Waals surface area (Å²) in [6.45, 7) is 4.50. The van der Waals surface area contributed by atoms with Crippen molar-refractivity contribution in [1.82, 2.24) is 0 Å².